The van der Waals surface area contributed by atoms with E-state index >= 15 is 0 Å². The van der Waals surface area contributed by atoms with Crippen molar-refractivity contribution in [3.8, 4) is 0 Å². The molecule has 0 N–H and O–H groups in total. The summed E-state index contributed by atoms with van der Waals surface area (Å²) < 4.78 is 21.0. The predicted octanol–water partition coefficient (Wildman–Crippen LogP) is 3.58. The second-order valence-corrected chi connectivity index (χ2v) is 5.88. The summed E-state index contributed by atoms with van der Waals surface area (Å²) in [5.41, 5.74) is 2.04. The maximum Gasteiger partial charge on any atom is 0.341 e. The SMILES string of the molecule is Cc1cc(C(=O)COC(=O)c2ccc(Br)cc2F)c(C)n1C. The van der Waals surface area contributed by atoms with Crippen LogP contribution in [0.1, 0.15) is 32.1 Å². The lowest BCUT2D eigenvalue weighted by atomic mass is 10.1. The van der Waals surface area contributed by atoms with E-state index in [-0.39, 0.29) is 11.3 Å². The third kappa shape index (κ3) is 3.27. The smallest absolute Gasteiger partial charge is 0.341 e. The molecule has 0 aliphatic heterocycles. The lowest BCUT2D eigenvalue weighted by Crippen LogP contribution is -2.15. The van der Waals surface area contributed by atoms with Gasteiger partial charge in [0.2, 0.25) is 5.78 Å². The summed E-state index contributed by atoms with van der Waals surface area (Å²) in [4.78, 5) is 23.9. The van der Waals surface area contributed by atoms with Gasteiger partial charge in [-0.25, -0.2) is 9.18 Å². The molecule has 6 heteroatoms. The molecule has 2 aromatic rings. The summed E-state index contributed by atoms with van der Waals surface area (Å²) in [7, 11) is 1.85. The van der Waals surface area contributed by atoms with E-state index in [0.29, 0.717) is 10.0 Å². The van der Waals surface area contributed by atoms with Gasteiger partial charge >= 0.3 is 5.97 Å². The number of aryl methyl sites for hydroxylation is 1. The van der Waals surface area contributed by atoms with Gasteiger partial charge in [0.05, 0.1) is 5.56 Å². The number of halogens is 2. The maximum atomic E-state index is 13.6. The predicted molar refractivity (Wildman–Crippen MR) is 83.6 cm³/mol. The molecular weight excluding hydrogens is 353 g/mol. The van der Waals surface area contributed by atoms with Crippen LogP contribution < -0.4 is 0 Å². The van der Waals surface area contributed by atoms with E-state index < -0.39 is 18.4 Å². The standard InChI is InChI=1S/C16H15BrFNO3/c1-9-6-13(10(2)19(9)3)15(20)8-22-16(21)12-5-4-11(17)7-14(12)18/h4-7H,8H2,1-3H3. The summed E-state index contributed by atoms with van der Waals surface area (Å²) in [5, 5.41) is 0. The van der Waals surface area contributed by atoms with Crippen molar-refractivity contribution < 1.29 is 18.7 Å². The van der Waals surface area contributed by atoms with Crippen molar-refractivity contribution in [3.63, 3.8) is 0 Å². The Hall–Kier alpha value is -1.95. The molecule has 0 unspecified atom stereocenters. The topological polar surface area (TPSA) is 48.3 Å². The number of nitrogens with zero attached hydrogens (tertiary/aromatic N) is 1. The van der Waals surface area contributed by atoms with Crippen LogP contribution in [0, 0.1) is 19.7 Å². The fraction of sp³-hybridized carbons (Fsp3) is 0.250. The van der Waals surface area contributed by atoms with Crippen LogP contribution in [0.5, 0.6) is 0 Å². The zero-order chi connectivity index (χ0) is 16.4. The zero-order valence-corrected chi connectivity index (χ0v) is 14.0. The van der Waals surface area contributed by atoms with E-state index in [2.05, 4.69) is 15.9 Å². The molecule has 0 spiro atoms. The van der Waals surface area contributed by atoms with Crippen molar-refractivity contribution >= 4 is 27.7 Å². The van der Waals surface area contributed by atoms with Crippen LogP contribution in [0.15, 0.2) is 28.7 Å². The highest BCUT2D eigenvalue weighted by Crippen LogP contribution is 2.17. The van der Waals surface area contributed by atoms with Gasteiger partial charge in [0.15, 0.2) is 6.61 Å². The number of aromatic nitrogens is 1. The number of rotatable bonds is 4. The van der Waals surface area contributed by atoms with Crippen molar-refractivity contribution in [2.24, 2.45) is 7.05 Å². The van der Waals surface area contributed by atoms with Crippen LogP contribution in [0.2, 0.25) is 0 Å². The van der Waals surface area contributed by atoms with Crippen molar-refractivity contribution in [1.29, 1.82) is 0 Å². The van der Waals surface area contributed by atoms with E-state index in [9.17, 15) is 14.0 Å². The molecule has 4 nitrogen and oxygen atoms in total. The molecule has 0 saturated heterocycles. The Bertz CT molecular complexity index is 752. The third-order valence-corrected chi connectivity index (χ3v) is 4.05. The van der Waals surface area contributed by atoms with E-state index in [1.807, 2.05) is 25.5 Å². The minimum atomic E-state index is -0.858. The van der Waals surface area contributed by atoms with Gasteiger partial charge in [-0.05, 0) is 38.1 Å². The average Bonchev–Trinajstić information content (AvgIpc) is 2.72. The van der Waals surface area contributed by atoms with E-state index in [1.165, 1.54) is 18.2 Å². The molecule has 0 atom stereocenters. The first-order chi connectivity index (χ1) is 10.3. The molecule has 0 fully saturated rings. The van der Waals surface area contributed by atoms with Crippen molar-refractivity contribution in [1.82, 2.24) is 4.57 Å². The minimum Gasteiger partial charge on any atom is -0.454 e. The molecule has 0 radical (unpaired) electrons. The summed E-state index contributed by atoms with van der Waals surface area (Å²) in [6.07, 6.45) is 0. The number of ketones is 1. The largest absolute Gasteiger partial charge is 0.454 e. The summed E-state index contributed by atoms with van der Waals surface area (Å²) >= 11 is 3.11. The second kappa shape index (κ2) is 6.44. The van der Waals surface area contributed by atoms with Gasteiger partial charge in [-0.2, -0.15) is 0 Å². The van der Waals surface area contributed by atoms with Crippen molar-refractivity contribution in [2.45, 2.75) is 13.8 Å². The molecule has 0 aliphatic rings. The van der Waals surface area contributed by atoms with Gasteiger partial charge in [-0.3, -0.25) is 4.79 Å². The number of carbonyl (C=O) groups is 2. The number of carbonyl (C=O) groups excluding carboxylic acids is 2. The van der Waals surface area contributed by atoms with Crippen molar-refractivity contribution in [3.05, 3.63) is 57.1 Å². The number of hydrogen-bond donors (Lipinski definition) is 0. The minimum absolute atomic E-state index is 0.197. The van der Waals surface area contributed by atoms with Crippen molar-refractivity contribution in [2.75, 3.05) is 6.61 Å². The monoisotopic (exact) mass is 367 g/mol. The van der Waals surface area contributed by atoms with Crippen LogP contribution in [-0.2, 0) is 11.8 Å². The Labute approximate surface area is 136 Å². The Morgan fingerprint density at radius 3 is 2.45 bits per heavy atom. The fourth-order valence-electron chi connectivity index (χ4n) is 2.08. The van der Waals surface area contributed by atoms with Gasteiger partial charge in [-0.15, -0.1) is 0 Å². The lowest BCUT2D eigenvalue weighted by molar-refractivity contribution is 0.0470. The second-order valence-electron chi connectivity index (χ2n) is 4.97. The van der Waals surface area contributed by atoms with Crippen LogP contribution in [0.3, 0.4) is 0 Å². The number of ether oxygens (including phenoxy) is 1. The zero-order valence-electron chi connectivity index (χ0n) is 12.4. The van der Waals surface area contributed by atoms with Crippen LogP contribution in [0.4, 0.5) is 4.39 Å². The first-order valence-electron chi connectivity index (χ1n) is 6.59. The molecular formula is C16H15BrFNO3. The molecule has 116 valence electrons. The van der Waals surface area contributed by atoms with Crippen LogP contribution in [0.25, 0.3) is 0 Å². The van der Waals surface area contributed by atoms with Gasteiger partial charge in [0, 0.05) is 28.5 Å². The average molecular weight is 368 g/mol. The first-order valence-corrected chi connectivity index (χ1v) is 7.39. The Balaban J connectivity index is 2.07. The van der Waals surface area contributed by atoms with Crippen LogP contribution in [-0.4, -0.2) is 22.9 Å². The Morgan fingerprint density at radius 2 is 1.91 bits per heavy atom. The normalized spacial score (nSPS) is 10.6. The molecule has 0 bridgehead atoms. The van der Waals surface area contributed by atoms with E-state index in [4.69, 9.17) is 4.74 Å². The molecule has 0 aliphatic carbocycles. The van der Waals surface area contributed by atoms with Crippen LogP contribution >= 0.6 is 15.9 Å². The van der Waals surface area contributed by atoms with Gasteiger partial charge in [0.1, 0.15) is 5.82 Å². The third-order valence-electron chi connectivity index (χ3n) is 3.56. The number of esters is 1. The Morgan fingerprint density at radius 1 is 1.23 bits per heavy atom. The quantitative estimate of drug-likeness (QED) is 0.612. The van der Waals surface area contributed by atoms with Gasteiger partial charge in [0.25, 0.3) is 0 Å². The molecule has 0 saturated carbocycles. The molecule has 0 amide bonds. The van der Waals surface area contributed by atoms with E-state index in [1.54, 1.807) is 6.07 Å². The van der Waals surface area contributed by atoms with Gasteiger partial charge < -0.3 is 9.30 Å². The lowest BCUT2D eigenvalue weighted by Gasteiger charge is -2.06. The first kappa shape index (κ1) is 16.4. The molecule has 1 aromatic heterocycles. The molecule has 2 rings (SSSR count). The Kier molecular flexibility index (Phi) is 4.81. The highest BCUT2D eigenvalue weighted by Gasteiger charge is 2.18. The van der Waals surface area contributed by atoms with E-state index in [0.717, 1.165) is 11.4 Å². The summed E-state index contributed by atoms with van der Waals surface area (Å²) in [5.74, 6) is -1.87. The maximum absolute atomic E-state index is 13.6. The highest BCUT2D eigenvalue weighted by molar-refractivity contribution is 9.10. The summed E-state index contributed by atoms with van der Waals surface area (Å²) in [6.45, 7) is 3.28. The number of hydrogen-bond acceptors (Lipinski definition) is 3. The molecule has 22 heavy (non-hydrogen) atoms. The summed E-state index contributed by atoms with van der Waals surface area (Å²) in [6, 6.07) is 5.76. The fourth-order valence-corrected chi connectivity index (χ4v) is 2.41. The molecule has 1 heterocycles. The van der Waals surface area contributed by atoms with Gasteiger partial charge in [-0.1, -0.05) is 15.9 Å². The molecule has 1 aromatic carbocycles. The highest BCUT2D eigenvalue weighted by atomic mass is 79.9. The number of Topliss-reactive ketones (excluding diaryl/α,β-unsaturated/α-hetero) is 1. The number of benzene rings is 1.